The molecule has 0 amide bonds. The highest BCUT2D eigenvalue weighted by atomic mass is 19.4. The van der Waals surface area contributed by atoms with E-state index in [2.05, 4.69) is 0 Å². The Kier molecular flexibility index (Phi) is 4.41. The van der Waals surface area contributed by atoms with Crippen LogP contribution in [0, 0.1) is 0 Å². The van der Waals surface area contributed by atoms with Gasteiger partial charge >= 0.3 is 30.1 Å². The zero-order chi connectivity index (χ0) is 16.8. The van der Waals surface area contributed by atoms with Crippen LogP contribution >= 0.6 is 0 Å². The molecule has 0 aliphatic rings. The summed E-state index contributed by atoms with van der Waals surface area (Å²) in [6.45, 7) is 0. The number of alkyl halides is 12. The molecule has 20 heavy (non-hydrogen) atoms. The Hall–Kier alpha value is -1.17. The van der Waals surface area contributed by atoms with Crippen molar-refractivity contribution in [1.82, 2.24) is 0 Å². The Balaban J connectivity index is 5.84. The van der Waals surface area contributed by atoms with Gasteiger partial charge in [0.2, 0.25) is 5.83 Å². The lowest BCUT2D eigenvalue weighted by molar-refractivity contribution is -0.388. The van der Waals surface area contributed by atoms with Crippen molar-refractivity contribution in [2.75, 3.05) is 0 Å². The van der Waals surface area contributed by atoms with Crippen LogP contribution in [0.15, 0.2) is 11.9 Å². The summed E-state index contributed by atoms with van der Waals surface area (Å²) in [5.74, 6) is -25.4. The second-order valence-electron chi connectivity index (χ2n) is 3.26. The molecule has 120 valence electrons. The molecule has 0 unspecified atom stereocenters. The lowest BCUT2D eigenvalue weighted by Gasteiger charge is -2.32. The Bertz CT molecular complexity index is 381. The zero-order valence-corrected chi connectivity index (χ0v) is 8.49. The predicted octanol–water partition coefficient (Wildman–Crippen LogP) is 4.87. The molecule has 0 nitrogen and oxygen atoms in total. The van der Waals surface area contributed by atoms with Gasteiger partial charge in [0.1, 0.15) is 0 Å². The summed E-state index contributed by atoms with van der Waals surface area (Å²) < 4.78 is 155. The van der Waals surface area contributed by atoms with E-state index in [0.29, 0.717) is 0 Å². The second-order valence-corrected chi connectivity index (χ2v) is 3.26. The van der Waals surface area contributed by atoms with E-state index < -0.39 is 42.0 Å². The van der Waals surface area contributed by atoms with Gasteiger partial charge in [-0.2, -0.15) is 52.7 Å². The standard InChI is InChI=1S/C7HF13/c8-2(4(11,12)13)1-3(9,10)5(14,15)6(16,17)7(18,19)20/h1H. The fourth-order valence-electron chi connectivity index (χ4n) is 0.719. The van der Waals surface area contributed by atoms with Gasteiger partial charge in [-0.25, -0.2) is 4.39 Å². The molecule has 0 aliphatic heterocycles. The Labute approximate surface area is 100 Å². The van der Waals surface area contributed by atoms with E-state index in [9.17, 15) is 57.1 Å². The fraction of sp³-hybridized carbons (Fsp3) is 0.714. The van der Waals surface area contributed by atoms with Crippen LogP contribution in [0.4, 0.5) is 57.1 Å². The molecule has 0 saturated heterocycles. The number of hydrogen-bond acceptors (Lipinski definition) is 0. The van der Waals surface area contributed by atoms with E-state index in [1.807, 2.05) is 0 Å². The van der Waals surface area contributed by atoms with E-state index in [1.165, 1.54) is 0 Å². The van der Waals surface area contributed by atoms with Crippen LogP contribution in [0.25, 0.3) is 0 Å². The summed E-state index contributed by atoms with van der Waals surface area (Å²) in [4.78, 5) is 0. The summed E-state index contributed by atoms with van der Waals surface area (Å²) >= 11 is 0. The Morgan fingerprint density at radius 1 is 0.600 bits per heavy atom. The van der Waals surface area contributed by atoms with Gasteiger partial charge in [-0.05, 0) is 0 Å². The topological polar surface area (TPSA) is 0 Å². The monoisotopic (exact) mass is 332 g/mol. The Morgan fingerprint density at radius 2 is 0.950 bits per heavy atom. The van der Waals surface area contributed by atoms with E-state index in [-0.39, 0.29) is 0 Å². The molecule has 0 saturated carbocycles. The van der Waals surface area contributed by atoms with Crippen molar-refractivity contribution in [3.8, 4) is 0 Å². The van der Waals surface area contributed by atoms with Crippen LogP contribution in [0.5, 0.6) is 0 Å². The summed E-state index contributed by atoms with van der Waals surface area (Å²) in [6.07, 6.45) is -15.8. The first-order valence-corrected chi connectivity index (χ1v) is 4.03. The summed E-state index contributed by atoms with van der Waals surface area (Å²) in [7, 11) is 0. The third kappa shape index (κ3) is 3.11. The summed E-state index contributed by atoms with van der Waals surface area (Å²) in [5, 5.41) is 0. The number of hydrogen-bond donors (Lipinski definition) is 0. The molecular formula is C7HF13. The number of halogens is 13. The first-order valence-electron chi connectivity index (χ1n) is 4.03. The molecule has 0 atom stereocenters. The van der Waals surface area contributed by atoms with E-state index in [1.54, 1.807) is 0 Å². The SMILES string of the molecule is FC(=CC(F)(F)C(F)(F)C(F)(F)C(F)(F)F)C(F)(F)F. The smallest absolute Gasteiger partial charge is 0.202 e. The predicted molar refractivity (Wildman–Crippen MR) is 36.1 cm³/mol. The highest BCUT2D eigenvalue weighted by Gasteiger charge is 2.81. The van der Waals surface area contributed by atoms with Crippen LogP contribution in [-0.2, 0) is 0 Å². The average molecular weight is 332 g/mol. The highest BCUT2D eigenvalue weighted by Crippen LogP contribution is 2.54. The number of rotatable bonds is 3. The lowest BCUT2D eigenvalue weighted by atomic mass is 10.0. The average Bonchev–Trinajstić information content (AvgIpc) is 2.12. The molecule has 0 radical (unpaired) electrons. The minimum atomic E-state index is -7.38. The molecule has 0 rings (SSSR count). The molecule has 0 N–H and O–H groups in total. The van der Waals surface area contributed by atoms with Crippen molar-refractivity contribution in [1.29, 1.82) is 0 Å². The molecular weight excluding hydrogens is 331 g/mol. The quantitative estimate of drug-likeness (QED) is 0.647. The van der Waals surface area contributed by atoms with Gasteiger partial charge in [0.25, 0.3) is 0 Å². The van der Waals surface area contributed by atoms with Gasteiger partial charge in [0, 0.05) is 6.08 Å². The minimum absolute atomic E-state index is 2.34. The summed E-state index contributed by atoms with van der Waals surface area (Å²) in [5.41, 5.74) is 0. The van der Waals surface area contributed by atoms with E-state index in [0.717, 1.165) is 0 Å². The maximum atomic E-state index is 12.5. The van der Waals surface area contributed by atoms with E-state index >= 15 is 0 Å². The molecule has 0 aromatic heterocycles. The molecule has 0 aliphatic carbocycles. The van der Waals surface area contributed by atoms with Crippen molar-refractivity contribution in [3.63, 3.8) is 0 Å². The van der Waals surface area contributed by atoms with Crippen molar-refractivity contribution in [3.05, 3.63) is 11.9 Å². The van der Waals surface area contributed by atoms with Crippen LogP contribution in [0.2, 0.25) is 0 Å². The lowest BCUT2D eigenvalue weighted by Crippen LogP contribution is -2.60. The van der Waals surface area contributed by atoms with Gasteiger partial charge in [-0.15, -0.1) is 0 Å². The number of allylic oxidation sites excluding steroid dienone is 2. The zero-order valence-electron chi connectivity index (χ0n) is 8.49. The van der Waals surface area contributed by atoms with Gasteiger partial charge in [0.05, 0.1) is 0 Å². The molecule has 0 spiro atoms. The molecule has 0 fully saturated rings. The third-order valence-electron chi connectivity index (χ3n) is 1.75. The molecule has 0 aromatic rings. The third-order valence-corrected chi connectivity index (χ3v) is 1.75. The van der Waals surface area contributed by atoms with Crippen LogP contribution in [0.1, 0.15) is 0 Å². The molecule has 0 aromatic carbocycles. The van der Waals surface area contributed by atoms with Crippen molar-refractivity contribution in [2.45, 2.75) is 30.1 Å². The largest absolute Gasteiger partial charge is 0.460 e. The summed E-state index contributed by atoms with van der Waals surface area (Å²) in [6, 6.07) is 0. The van der Waals surface area contributed by atoms with Gasteiger partial charge < -0.3 is 0 Å². The maximum Gasteiger partial charge on any atom is 0.460 e. The van der Waals surface area contributed by atoms with Crippen molar-refractivity contribution >= 4 is 0 Å². The van der Waals surface area contributed by atoms with Crippen LogP contribution in [-0.4, -0.2) is 30.1 Å². The molecule has 0 heterocycles. The normalized spacial score (nSPS) is 16.6. The highest BCUT2D eigenvalue weighted by molar-refractivity contribution is 5.14. The maximum absolute atomic E-state index is 12.5. The van der Waals surface area contributed by atoms with Gasteiger partial charge in [-0.3, -0.25) is 0 Å². The first kappa shape index (κ1) is 18.8. The molecule has 0 bridgehead atoms. The second kappa shape index (κ2) is 4.69. The van der Waals surface area contributed by atoms with Crippen molar-refractivity contribution in [2.24, 2.45) is 0 Å². The first-order chi connectivity index (χ1) is 8.38. The van der Waals surface area contributed by atoms with Crippen molar-refractivity contribution < 1.29 is 57.1 Å². The van der Waals surface area contributed by atoms with E-state index in [4.69, 9.17) is 0 Å². The minimum Gasteiger partial charge on any atom is -0.202 e. The van der Waals surface area contributed by atoms with Gasteiger partial charge in [-0.1, -0.05) is 0 Å². The van der Waals surface area contributed by atoms with Gasteiger partial charge in [0.15, 0.2) is 0 Å². The van der Waals surface area contributed by atoms with Crippen LogP contribution in [0.3, 0.4) is 0 Å². The fourth-order valence-corrected chi connectivity index (χ4v) is 0.719. The van der Waals surface area contributed by atoms with Crippen LogP contribution < -0.4 is 0 Å². The Morgan fingerprint density at radius 3 is 1.20 bits per heavy atom. The molecule has 13 heteroatoms.